The Labute approximate surface area is 144 Å². The number of sulfonamides is 1. The van der Waals surface area contributed by atoms with Gasteiger partial charge >= 0.3 is 11.9 Å². The third-order valence-corrected chi connectivity index (χ3v) is 6.19. The molecule has 0 spiro atoms. The Bertz CT molecular complexity index is 956. The summed E-state index contributed by atoms with van der Waals surface area (Å²) in [5, 5.41) is 9.91. The summed E-state index contributed by atoms with van der Waals surface area (Å²) >= 11 is 0. The third-order valence-electron chi connectivity index (χ3n) is 4.22. The number of aromatic nitrogens is 1. The van der Waals surface area contributed by atoms with Gasteiger partial charge in [-0.3, -0.25) is 4.79 Å². The van der Waals surface area contributed by atoms with Gasteiger partial charge in [0.2, 0.25) is 10.0 Å². The van der Waals surface area contributed by atoms with E-state index in [1.807, 2.05) is 0 Å². The maximum absolute atomic E-state index is 13.0. The van der Waals surface area contributed by atoms with Gasteiger partial charge in [0.15, 0.2) is 5.69 Å². The minimum absolute atomic E-state index is 0.00764. The number of fused-ring (bicyclic) bond motifs is 1. The van der Waals surface area contributed by atoms with E-state index >= 15 is 0 Å². The molecular formula is C16H16N2O6S. The predicted molar refractivity (Wildman–Crippen MR) is 87.6 cm³/mol. The Morgan fingerprint density at radius 1 is 1.28 bits per heavy atom. The molecule has 0 saturated carbocycles. The predicted octanol–water partition coefficient (Wildman–Crippen LogP) is 1.26. The van der Waals surface area contributed by atoms with Gasteiger partial charge in [-0.2, -0.15) is 4.31 Å². The van der Waals surface area contributed by atoms with Crippen LogP contribution >= 0.6 is 0 Å². The number of nitrogens with zero attached hydrogens (tertiary/aromatic N) is 2. The Hall–Kier alpha value is -2.52. The number of benzene rings is 1. The van der Waals surface area contributed by atoms with Gasteiger partial charge in [-0.15, -0.1) is 0 Å². The van der Waals surface area contributed by atoms with Crippen molar-refractivity contribution < 1.29 is 27.9 Å². The van der Waals surface area contributed by atoms with E-state index in [0.717, 1.165) is 4.31 Å². The zero-order valence-corrected chi connectivity index (χ0v) is 14.2. The smallest absolute Gasteiger partial charge is 0.357 e. The lowest BCUT2D eigenvalue weighted by Gasteiger charge is -2.22. The largest absolute Gasteiger partial charge is 0.480 e. The van der Waals surface area contributed by atoms with Crippen molar-refractivity contribution in [2.75, 3.05) is 13.7 Å². The number of esters is 1. The summed E-state index contributed by atoms with van der Waals surface area (Å²) in [5.74, 6) is -1.84. The molecule has 8 nitrogen and oxygen atoms in total. The van der Waals surface area contributed by atoms with Crippen LogP contribution < -0.4 is 0 Å². The van der Waals surface area contributed by atoms with E-state index in [-0.39, 0.29) is 23.6 Å². The minimum atomic E-state index is -4.04. The number of ether oxygens (including phenoxy) is 1. The molecule has 1 fully saturated rings. The highest BCUT2D eigenvalue weighted by molar-refractivity contribution is 7.89. The number of carboxylic acids is 1. The highest BCUT2D eigenvalue weighted by Gasteiger charge is 2.40. The van der Waals surface area contributed by atoms with E-state index in [4.69, 9.17) is 0 Å². The SMILES string of the molecule is COC(=O)c1nccc2c(S(=O)(=O)N3CCC[C@@H]3C(=O)O)cccc12. The molecule has 0 amide bonds. The van der Waals surface area contributed by atoms with E-state index in [1.54, 1.807) is 6.07 Å². The van der Waals surface area contributed by atoms with Crippen LogP contribution in [0.1, 0.15) is 23.3 Å². The summed E-state index contributed by atoms with van der Waals surface area (Å²) in [7, 11) is -2.82. The normalized spacial score (nSPS) is 18.4. The van der Waals surface area contributed by atoms with Crippen molar-refractivity contribution in [3.63, 3.8) is 0 Å². The summed E-state index contributed by atoms with van der Waals surface area (Å²) in [6.45, 7) is 0.143. The molecule has 0 unspecified atom stereocenters. The lowest BCUT2D eigenvalue weighted by molar-refractivity contribution is -0.140. The van der Waals surface area contributed by atoms with Crippen LogP contribution in [0.5, 0.6) is 0 Å². The van der Waals surface area contributed by atoms with Crippen LogP contribution in [-0.4, -0.2) is 54.4 Å². The number of rotatable bonds is 4. The summed E-state index contributed by atoms with van der Waals surface area (Å²) in [5.41, 5.74) is 0.00764. The highest BCUT2D eigenvalue weighted by Crippen LogP contribution is 2.31. The second kappa shape index (κ2) is 6.41. The maximum atomic E-state index is 13.0. The summed E-state index contributed by atoms with van der Waals surface area (Å²) in [6, 6.07) is 4.87. The first-order chi connectivity index (χ1) is 11.9. The third kappa shape index (κ3) is 2.85. The number of aliphatic carboxylic acids is 1. The van der Waals surface area contributed by atoms with Crippen LogP contribution in [0.25, 0.3) is 10.8 Å². The van der Waals surface area contributed by atoms with E-state index in [9.17, 15) is 23.1 Å². The molecule has 25 heavy (non-hydrogen) atoms. The standard InChI is InChI=1S/C16H16N2O6S/c1-24-16(21)14-11-4-2-6-13(10(11)7-8-17-14)25(22,23)18-9-3-5-12(18)15(19)20/h2,4,6-8,12H,3,5,9H2,1H3,(H,19,20)/t12-/m1/s1. The van der Waals surface area contributed by atoms with Crippen LogP contribution in [-0.2, 0) is 19.6 Å². The summed E-state index contributed by atoms with van der Waals surface area (Å²) < 4.78 is 31.8. The molecule has 0 radical (unpaired) electrons. The highest BCUT2D eigenvalue weighted by atomic mass is 32.2. The molecule has 1 aromatic heterocycles. The molecule has 132 valence electrons. The van der Waals surface area contributed by atoms with E-state index in [1.165, 1.54) is 31.5 Å². The van der Waals surface area contributed by atoms with Gasteiger partial charge < -0.3 is 9.84 Å². The molecule has 2 aromatic rings. The minimum Gasteiger partial charge on any atom is -0.480 e. The lowest BCUT2D eigenvalue weighted by atomic mass is 10.1. The summed E-state index contributed by atoms with van der Waals surface area (Å²) in [4.78, 5) is 27.1. The number of carbonyl (C=O) groups excluding carboxylic acids is 1. The number of methoxy groups -OCH3 is 1. The maximum Gasteiger partial charge on any atom is 0.357 e. The van der Waals surface area contributed by atoms with Gasteiger partial charge in [0.05, 0.1) is 12.0 Å². The average molecular weight is 364 g/mol. The fraction of sp³-hybridized carbons (Fsp3) is 0.312. The molecule has 2 heterocycles. The van der Waals surface area contributed by atoms with Gasteiger partial charge in [0, 0.05) is 23.5 Å². The molecule has 1 aliphatic rings. The van der Waals surface area contributed by atoms with Crippen molar-refractivity contribution in [3.8, 4) is 0 Å². The van der Waals surface area contributed by atoms with E-state index in [2.05, 4.69) is 9.72 Å². The van der Waals surface area contributed by atoms with Crippen molar-refractivity contribution in [2.24, 2.45) is 0 Å². The van der Waals surface area contributed by atoms with Crippen LogP contribution in [0.2, 0.25) is 0 Å². The molecule has 0 aliphatic carbocycles. The molecule has 0 bridgehead atoms. The van der Waals surface area contributed by atoms with Crippen molar-refractivity contribution >= 4 is 32.7 Å². The number of carbonyl (C=O) groups is 2. The van der Waals surface area contributed by atoms with Crippen LogP contribution in [0.3, 0.4) is 0 Å². The number of hydrogen-bond acceptors (Lipinski definition) is 6. The van der Waals surface area contributed by atoms with Gasteiger partial charge in [0.1, 0.15) is 6.04 Å². The lowest BCUT2D eigenvalue weighted by Crippen LogP contribution is -2.40. The first-order valence-corrected chi connectivity index (χ1v) is 9.02. The Balaban J connectivity index is 2.19. The molecule has 1 aromatic carbocycles. The van der Waals surface area contributed by atoms with Gasteiger partial charge in [-0.1, -0.05) is 12.1 Å². The first kappa shape index (κ1) is 17.3. The van der Waals surface area contributed by atoms with E-state index in [0.29, 0.717) is 17.2 Å². The topological polar surface area (TPSA) is 114 Å². The number of pyridine rings is 1. The van der Waals surface area contributed by atoms with Crippen molar-refractivity contribution in [1.29, 1.82) is 0 Å². The van der Waals surface area contributed by atoms with Gasteiger partial charge in [0.25, 0.3) is 0 Å². The van der Waals surface area contributed by atoms with Gasteiger partial charge in [-0.05, 0) is 25.0 Å². The first-order valence-electron chi connectivity index (χ1n) is 7.58. The zero-order valence-electron chi connectivity index (χ0n) is 13.4. The van der Waals surface area contributed by atoms with Crippen LogP contribution in [0.15, 0.2) is 35.4 Å². The molecule has 3 rings (SSSR count). The summed E-state index contributed by atoms with van der Waals surface area (Å²) in [6.07, 6.45) is 2.08. The second-order valence-corrected chi connectivity index (χ2v) is 7.47. The van der Waals surface area contributed by atoms with Crippen LogP contribution in [0.4, 0.5) is 0 Å². The Morgan fingerprint density at radius 3 is 2.72 bits per heavy atom. The quantitative estimate of drug-likeness (QED) is 0.812. The zero-order chi connectivity index (χ0) is 18.2. The molecule has 1 saturated heterocycles. The molecular weight excluding hydrogens is 348 g/mol. The molecule has 9 heteroatoms. The molecule has 1 aliphatic heterocycles. The number of hydrogen-bond donors (Lipinski definition) is 1. The number of carboxylic acid groups (broad SMARTS) is 1. The monoisotopic (exact) mass is 364 g/mol. The fourth-order valence-electron chi connectivity index (χ4n) is 3.06. The fourth-order valence-corrected chi connectivity index (χ4v) is 4.92. The second-order valence-electron chi connectivity index (χ2n) is 5.61. The van der Waals surface area contributed by atoms with Crippen molar-refractivity contribution in [3.05, 3.63) is 36.2 Å². The molecule has 1 atom stereocenters. The molecule has 1 N–H and O–H groups in total. The Kier molecular flexibility index (Phi) is 4.44. The van der Waals surface area contributed by atoms with E-state index < -0.39 is 28.0 Å². The van der Waals surface area contributed by atoms with Crippen LogP contribution in [0, 0.1) is 0 Å². The Morgan fingerprint density at radius 2 is 2.04 bits per heavy atom. The van der Waals surface area contributed by atoms with Crippen molar-refractivity contribution in [1.82, 2.24) is 9.29 Å². The average Bonchev–Trinajstić information content (AvgIpc) is 3.11. The van der Waals surface area contributed by atoms with Crippen molar-refractivity contribution in [2.45, 2.75) is 23.8 Å². The van der Waals surface area contributed by atoms with Gasteiger partial charge in [-0.25, -0.2) is 18.2 Å².